The van der Waals surface area contributed by atoms with Crippen LogP contribution in [0.5, 0.6) is 0 Å². The van der Waals surface area contributed by atoms with E-state index in [1.807, 2.05) is 0 Å². The summed E-state index contributed by atoms with van der Waals surface area (Å²) >= 11 is 0. The molecular formula is C9H21NO. The summed E-state index contributed by atoms with van der Waals surface area (Å²) in [6.45, 7) is 10.5. The summed E-state index contributed by atoms with van der Waals surface area (Å²) in [6, 6.07) is 0. The van der Waals surface area contributed by atoms with Crippen LogP contribution in [-0.4, -0.2) is 25.8 Å². The van der Waals surface area contributed by atoms with E-state index in [0.717, 1.165) is 13.2 Å². The van der Waals surface area contributed by atoms with E-state index < -0.39 is 0 Å². The third kappa shape index (κ3) is 6.32. The minimum absolute atomic E-state index is 0.110. The van der Waals surface area contributed by atoms with Gasteiger partial charge in [0, 0.05) is 12.6 Å². The van der Waals surface area contributed by atoms with Crippen LogP contribution in [0.1, 0.15) is 27.7 Å². The maximum absolute atomic E-state index is 5.08. The maximum atomic E-state index is 5.08. The number of hydrogen-bond donors (Lipinski definition) is 1. The molecule has 0 saturated carbocycles. The predicted octanol–water partition coefficient (Wildman–Crippen LogP) is 1.66. The van der Waals surface area contributed by atoms with Crippen LogP contribution in [0.2, 0.25) is 0 Å². The molecular weight excluding hydrogens is 138 g/mol. The predicted molar refractivity (Wildman–Crippen MR) is 48.8 cm³/mol. The van der Waals surface area contributed by atoms with Crippen molar-refractivity contribution in [2.75, 3.05) is 20.3 Å². The first-order valence-corrected chi connectivity index (χ1v) is 4.22. The van der Waals surface area contributed by atoms with Gasteiger partial charge >= 0.3 is 0 Å². The largest absolute Gasteiger partial charge is 0.383 e. The fraction of sp³-hybridized carbons (Fsp3) is 1.00. The first-order chi connectivity index (χ1) is 4.98. The average Bonchev–Trinajstić information content (AvgIpc) is 1.84. The molecule has 0 aliphatic rings. The molecule has 11 heavy (non-hydrogen) atoms. The zero-order valence-corrected chi connectivity index (χ0v) is 8.40. The Hall–Kier alpha value is -0.0800. The molecule has 0 rings (SSSR count). The normalized spacial score (nSPS) is 12.5. The van der Waals surface area contributed by atoms with E-state index in [-0.39, 0.29) is 5.54 Å². The van der Waals surface area contributed by atoms with Crippen LogP contribution in [0, 0.1) is 5.92 Å². The minimum Gasteiger partial charge on any atom is -0.383 e. The number of methoxy groups -OCH3 is 1. The third-order valence-corrected chi connectivity index (χ3v) is 1.49. The Kier molecular flexibility index (Phi) is 4.69. The Labute approximate surface area is 70.3 Å². The van der Waals surface area contributed by atoms with Crippen molar-refractivity contribution < 1.29 is 4.74 Å². The summed E-state index contributed by atoms with van der Waals surface area (Å²) in [5.74, 6) is 0.700. The highest BCUT2D eigenvalue weighted by molar-refractivity contribution is 4.76. The van der Waals surface area contributed by atoms with Crippen LogP contribution in [0.25, 0.3) is 0 Å². The second-order valence-corrected chi connectivity index (χ2v) is 4.09. The molecule has 2 nitrogen and oxygen atoms in total. The van der Waals surface area contributed by atoms with Crippen LogP contribution in [0.15, 0.2) is 0 Å². The van der Waals surface area contributed by atoms with Crippen LogP contribution in [0.3, 0.4) is 0 Å². The average molecular weight is 159 g/mol. The molecule has 0 unspecified atom stereocenters. The molecule has 0 radical (unpaired) electrons. The highest BCUT2D eigenvalue weighted by Crippen LogP contribution is 2.02. The summed E-state index contributed by atoms with van der Waals surface area (Å²) < 4.78 is 5.08. The lowest BCUT2D eigenvalue weighted by Crippen LogP contribution is -2.44. The standard InChI is InChI=1S/C9H21NO/c1-8(2)6-10-9(3,4)7-11-5/h8,10H,6-7H2,1-5H3. The first-order valence-electron chi connectivity index (χ1n) is 4.22. The van der Waals surface area contributed by atoms with Gasteiger partial charge in [0.15, 0.2) is 0 Å². The Bertz CT molecular complexity index is 99.7. The Morgan fingerprint density at radius 1 is 1.36 bits per heavy atom. The van der Waals surface area contributed by atoms with Crippen LogP contribution in [0.4, 0.5) is 0 Å². The summed E-state index contributed by atoms with van der Waals surface area (Å²) in [7, 11) is 1.73. The van der Waals surface area contributed by atoms with E-state index in [1.165, 1.54) is 0 Å². The highest BCUT2D eigenvalue weighted by Gasteiger charge is 2.16. The zero-order chi connectivity index (χ0) is 8.91. The SMILES string of the molecule is COCC(C)(C)NCC(C)C. The molecule has 0 aromatic heterocycles. The lowest BCUT2D eigenvalue weighted by atomic mass is 10.1. The van der Waals surface area contributed by atoms with Crippen molar-refractivity contribution in [2.24, 2.45) is 5.92 Å². The van der Waals surface area contributed by atoms with Gasteiger partial charge in [-0.15, -0.1) is 0 Å². The molecule has 0 spiro atoms. The molecule has 0 fully saturated rings. The Morgan fingerprint density at radius 3 is 2.27 bits per heavy atom. The fourth-order valence-electron chi connectivity index (χ4n) is 0.892. The lowest BCUT2D eigenvalue weighted by molar-refractivity contribution is 0.126. The zero-order valence-electron chi connectivity index (χ0n) is 8.40. The topological polar surface area (TPSA) is 21.3 Å². The number of nitrogens with one attached hydrogen (secondary N) is 1. The van der Waals surface area contributed by atoms with Crippen LogP contribution >= 0.6 is 0 Å². The van der Waals surface area contributed by atoms with Crippen molar-refractivity contribution in [1.82, 2.24) is 5.32 Å². The molecule has 0 aliphatic heterocycles. The maximum Gasteiger partial charge on any atom is 0.0639 e. The van der Waals surface area contributed by atoms with Crippen molar-refractivity contribution in [1.29, 1.82) is 0 Å². The molecule has 0 amide bonds. The second kappa shape index (κ2) is 4.73. The Morgan fingerprint density at radius 2 is 1.91 bits per heavy atom. The van der Waals surface area contributed by atoms with Gasteiger partial charge in [0.05, 0.1) is 6.61 Å². The molecule has 1 N–H and O–H groups in total. The molecule has 0 heterocycles. The third-order valence-electron chi connectivity index (χ3n) is 1.49. The van der Waals surface area contributed by atoms with Gasteiger partial charge in [-0.25, -0.2) is 0 Å². The quantitative estimate of drug-likeness (QED) is 0.658. The van der Waals surface area contributed by atoms with Gasteiger partial charge in [0.1, 0.15) is 0 Å². The molecule has 0 bridgehead atoms. The van der Waals surface area contributed by atoms with Gasteiger partial charge in [-0.3, -0.25) is 0 Å². The van der Waals surface area contributed by atoms with Gasteiger partial charge < -0.3 is 10.1 Å². The molecule has 68 valence electrons. The van der Waals surface area contributed by atoms with E-state index in [4.69, 9.17) is 4.74 Å². The molecule has 2 heteroatoms. The van der Waals surface area contributed by atoms with Crippen LogP contribution < -0.4 is 5.32 Å². The molecule has 0 aromatic carbocycles. The van der Waals surface area contributed by atoms with Crippen molar-refractivity contribution in [3.8, 4) is 0 Å². The summed E-state index contributed by atoms with van der Waals surface area (Å²) in [4.78, 5) is 0. The van der Waals surface area contributed by atoms with Gasteiger partial charge in [0.2, 0.25) is 0 Å². The van der Waals surface area contributed by atoms with E-state index in [9.17, 15) is 0 Å². The monoisotopic (exact) mass is 159 g/mol. The van der Waals surface area contributed by atoms with Gasteiger partial charge in [-0.05, 0) is 26.3 Å². The number of ether oxygens (including phenoxy) is 1. The van der Waals surface area contributed by atoms with E-state index in [1.54, 1.807) is 7.11 Å². The van der Waals surface area contributed by atoms with E-state index >= 15 is 0 Å². The van der Waals surface area contributed by atoms with Gasteiger partial charge in [-0.1, -0.05) is 13.8 Å². The molecule has 0 aliphatic carbocycles. The summed E-state index contributed by atoms with van der Waals surface area (Å²) in [5, 5.41) is 3.43. The molecule has 0 aromatic rings. The van der Waals surface area contributed by atoms with Gasteiger partial charge in [-0.2, -0.15) is 0 Å². The lowest BCUT2D eigenvalue weighted by Gasteiger charge is -2.26. The number of hydrogen-bond acceptors (Lipinski definition) is 2. The van der Waals surface area contributed by atoms with Crippen molar-refractivity contribution in [3.05, 3.63) is 0 Å². The van der Waals surface area contributed by atoms with Crippen molar-refractivity contribution in [2.45, 2.75) is 33.2 Å². The fourth-order valence-corrected chi connectivity index (χ4v) is 0.892. The molecule has 0 atom stereocenters. The van der Waals surface area contributed by atoms with E-state index in [0.29, 0.717) is 5.92 Å². The van der Waals surface area contributed by atoms with Crippen molar-refractivity contribution in [3.63, 3.8) is 0 Å². The first kappa shape index (κ1) is 10.9. The summed E-state index contributed by atoms with van der Waals surface area (Å²) in [5.41, 5.74) is 0.110. The smallest absolute Gasteiger partial charge is 0.0639 e. The van der Waals surface area contributed by atoms with Crippen LogP contribution in [-0.2, 0) is 4.74 Å². The van der Waals surface area contributed by atoms with E-state index in [2.05, 4.69) is 33.0 Å². The second-order valence-electron chi connectivity index (χ2n) is 4.09. The minimum atomic E-state index is 0.110. The van der Waals surface area contributed by atoms with Crippen molar-refractivity contribution >= 4 is 0 Å². The number of rotatable bonds is 5. The summed E-state index contributed by atoms with van der Waals surface area (Å²) in [6.07, 6.45) is 0. The Balaban J connectivity index is 3.54. The molecule has 0 saturated heterocycles. The highest BCUT2D eigenvalue weighted by atomic mass is 16.5. The van der Waals surface area contributed by atoms with Gasteiger partial charge in [0.25, 0.3) is 0 Å².